The maximum atomic E-state index is 10.1. The van der Waals surface area contributed by atoms with Gasteiger partial charge in [-0.3, -0.25) is 4.90 Å². The first-order valence-electron chi connectivity index (χ1n) is 2.52. The van der Waals surface area contributed by atoms with Crippen LogP contribution in [-0.2, 0) is 4.79 Å². The second kappa shape index (κ2) is 8.04. The lowest BCUT2D eigenvalue weighted by atomic mass is 10.5. The molecule has 0 aliphatic carbocycles. The standard InChI is InChI=1S/C7H7NO.ClH/c1-3-5-8(7-9)6-4-2;/h1-2,7H,5-6H2;1H. The molecule has 0 aromatic carbocycles. The molecule has 1 N–H and O–H groups in total. The van der Waals surface area contributed by atoms with Crippen molar-refractivity contribution in [3.05, 3.63) is 0 Å². The van der Waals surface area contributed by atoms with Gasteiger partial charge in [-0.05, 0) is 11.8 Å². The topological polar surface area (TPSA) is 21.5 Å². The number of hydrogen-bond acceptors (Lipinski definition) is 1. The molecule has 10 heavy (non-hydrogen) atoms. The molecule has 54 valence electrons. The molecule has 0 heterocycles. The highest BCUT2D eigenvalue weighted by Gasteiger charge is 1.98. The number of halogens is 1. The summed E-state index contributed by atoms with van der Waals surface area (Å²) in [5.74, 6) is 4.68. The first kappa shape index (κ1) is 11.8. The Labute approximate surface area is 67.0 Å². The van der Waals surface area contributed by atoms with Gasteiger partial charge in [-0.1, -0.05) is 0 Å². The van der Waals surface area contributed by atoms with E-state index in [9.17, 15) is 4.79 Å². The third-order valence-electron chi connectivity index (χ3n) is 0.825. The van der Waals surface area contributed by atoms with Crippen LogP contribution in [0, 0.1) is 24.7 Å². The largest absolute Gasteiger partial charge is 1.00 e. The summed E-state index contributed by atoms with van der Waals surface area (Å²) in [7, 11) is 0. The van der Waals surface area contributed by atoms with Crippen molar-refractivity contribution >= 4 is 6.41 Å². The Hall–Kier alpha value is -0.960. The van der Waals surface area contributed by atoms with Crippen molar-refractivity contribution in [1.82, 2.24) is 0 Å². The molecule has 0 bridgehead atoms. The molecule has 0 aromatic heterocycles. The zero-order valence-corrected chi connectivity index (χ0v) is 6.19. The van der Waals surface area contributed by atoms with Crippen molar-refractivity contribution in [2.45, 2.75) is 0 Å². The summed E-state index contributed by atoms with van der Waals surface area (Å²) < 4.78 is 0. The molecule has 0 fully saturated rings. The zero-order valence-electron chi connectivity index (χ0n) is 5.43. The monoisotopic (exact) mass is 157 g/mol. The van der Waals surface area contributed by atoms with E-state index in [0.717, 1.165) is 6.41 Å². The molecule has 1 amide bonds. The molecule has 0 saturated carbocycles. The Balaban J connectivity index is 0. The molecule has 2 nitrogen and oxygen atoms in total. The third-order valence-corrected chi connectivity index (χ3v) is 0.825. The lowest BCUT2D eigenvalue weighted by molar-refractivity contribution is -0.793. The van der Waals surface area contributed by atoms with Gasteiger partial charge in [0, 0.05) is 0 Å². The highest BCUT2D eigenvalue weighted by atomic mass is 35.5. The van der Waals surface area contributed by atoms with Crippen LogP contribution in [0.15, 0.2) is 0 Å². The highest BCUT2D eigenvalue weighted by molar-refractivity contribution is 5.34. The van der Waals surface area contributed by atoms with Crippen LogP contribution in [0.5, 0.6) is 0 Å². The number of rotatable bonds is 3. The van der Waals surface area contributed by atoms with Crippen LogP contribution in [0.25, 0.3) is 0 Å². The minimum atomic E-state index is 0. The molecule has 0 atom stereocenters. The zero-order chi connectivity index (χ0) is 7.11. The van der Waals surface area contributed by atoms with Crippen LogP contribution >= 0.6 is 0 Å². The number of terminal acetylenes is 2. The molecule has 0 aliphatic rings. The predicted octanol–water partition coefficient (Wildman–Crippen LogP) is -4.70. The van der Waals surface area contributed by atoms with Crippen molar-refractivity contribution in [2.24, 2.45) is 0 Å². The second-order valence-corrected chi connectivity index (χ2v) is 1.54. The van der Waals surface area contributed by atoms with Crippen molar-refractivity contribution in [3.8, 4) is 24.7 Å². The quantitative estimate of drug-likeness (QED) is 0.323. The van der Waals surface area contributed by atoms with Crippen molar-refractivity contribution < 1.29 is 22.1 Å². The molecule has 0 radical (unpaired) electrons. The van der Waals surface area contributed by atoms with E-state index >= 15 is 0 Å². The highest BCUT2D eigenvalue weighted by Crippen LogP contribution is 1.42. The second-order valence-electron chi connectivity index (χ2n) is 1.54. The summed E-state index contributed by atoms with van der Waals surface area (Å²) in [5.41, 5.74) is 0. The van der Waals surface area contributed by atoms with Gasteiger partial charge in [-0.2, -0.15) is 0 Å². The Morgan fingerprint density at radius 3 is 1.90 bits per heavy atom. The smallest absolute Gasteiger partial charge is 0.301 e. The Morgan fingerprint density at radius 1 is 1.30 bits per heavy atom. The lowest BCUT2D eigenvalue weighted by Crippen LogP contribution is -3.10. The maximum absolute atomic E-state index is 10.1. The SMILES string of the molecule is C#CC[NH+](C=O)CC#C.[Cl-]. The van der Waals surface area contributed by atoms with Gasteiger partial charge in [0.15, 0.2) is 0 Å². The number of carbonyl (C=O) groups excluding carboxylic acids is 1. The molecule has 0 aliphatic heterocycles. The van der Waals surface area contributed by atoms with E-state index in [-0.39, 0.29) is 12.4 Å². The van der Waals surface area contributed by atoms with E-state index in [4.69, 9.17) is 12.8 Å². The summed E-state index contributed by atoms with van der Waals surface area (Å²) in [5, 5.41) is 0. The predicted molar refractivity (Wildman–Crippen MR) is 34.4 cm³/mol. The van der Waals surface area contributed by atoms with Crippen LogP contribution < -0.4 is 17.3 Å². The van der Waals surface area contributed by atoms with Crippen LogP contribution in [-0.4, -0.2) is 19.5 Å². The van der Waals surface area contributed by atoms with Crippen LogP contribution in [0.3, 0.4) is 0 Å². The van der Waals surface area contributed by atoms with Gasteiger partial charge in [0.25, 0.3) is 0 Å². The fourth-order valence-corrected chi connectivity index (χ4v) is 0.408. The molecular weight excluding hydrogens is 150 g/mol. The average molecular weight is 158 g/mol. The van der Waals surface area contributed by atoms with Gasteiger partial charge >= 0.3 is 6.41 Å². The number of carbonyl (C=O) groups is 1. The van der Waals surface area contributed by atoms with E-state index in [2.05, 4.69) is 11.8 Å². The average Bonchev–Trinajstić information content (AvgIpc) is 1.88. The van der Waals surface area contributed by atoms with E-state index in [0.29, 0.717) is 18.0 Å². The Bertz CT molecular complexity index is 149. The molecule has 3 heteroatoms. The molecule has 0 saturated heterocycles. The van der Waals surface area contributed by atoms with E-state index in [1.807, 2.05) is 0 Å². The summed E-state index contributed by atoms with van der Waals surface area (Å²) in [6, 6.07) is 0. The first-order valence-corrected chi connectivity index (χ1v) is 2.52. The van der Waals surface area contributed by atoms with E-state index in [1.54, 1.807) is 0 Å². The normalized spacial score (nSPS) is 7.10. The molecule has 0 unspecified atom stereocenters. The lowest BCUT2D eigenvalue weighted by Gasteiger charge is -2.00. The summed E-state index contributed by atoms with van der Waals surface area (Å²) in [6.45, 7) is 0.737. The van der Waals surface area contributed by atoms with Gasteiger partial charge < -0.3 is 12.4 Å². The molecule has 0 spiro atoms. The first-order chi connectivity index (χ1) is 4.35. The van der Waals surface area contributed by atoms with Gasteiger partial charge in [0.2, 0.25) is 0 Å². The summed E-state index contributed by atoms with van der Waals surface area (Å²) >= 11 is 0. The maximum Gasteiger partial charge on any atom is 0.301 e. The van der Waals surface area contributed by atoms with E-state index in [1.165, 1.54) is 0 Å². The van der Waals surface area contributed by atoms with Gasteiger partial charge in [-0.25, -0.2) is 4.79 Å². The minimum Gasteiger partial charge on any atom is -1.00 e. The molecule has 0 aromatic rings. The van der Waals surface area contributed by atoms with E-state index < -0.39 is 0 Å². The van der Waals surface area contributed by atoms with Gasteiger partial charge in [0.05, 0.1) is 0 Å². The number of quaternary nitrogens is 1. The third kappa shape index (κ3) is 5.18. The molecular formula is C7H8ClNO. The van der Waals surface area contributed by atoms with Crippen molar-refractivity contribution in [1.29, 1.82) is 0 Å². The van der Waals surface area contributed by atoms with Crippen molar-refractivity contribution in [2.75, 3.05) is 13.1 Å². The fraction of sp³-hybridized carbons (Fsp3) is 0.286. The van der Waals surface area contributed by atoms with Gasteiger partial charge in [-0.15, -0.1) is 12.8 Å². The minimum absolute atomic E-state index is 0. The van der Waals surface area contributed by atoms with Crippen LogP contribution in [0.2, 0.25) is 0 Å². The van der Waals surface area contributed by atoms with Crippen LogP contribution in [0.1, 0.15) is 0 Å². The Kier molecular flexibility index (Phi) is 9.48. The number of amides is 1. The molecule has 0 rings (SSSR count). The van der Waals surface area contributed by atoms with Crippen molar-refractivity contribution in [3.63, 3.8) is 0 Å². The number of nitrogens with one attached hydrogen (secondary N) is 1. The summed E-state index contributed by atoms with van der Waals surface area (Å²) in [4.78, 5) is 10.7. The van der Waals surface area contributed by atoms with Gasteiger partial charge in [0.1, 0.15) is 13.1 Å². The Morgan fingerprint density at radius 2 is 1.70 bits per heavy atom. The number of hydrogen-bond donors (Lipinski definition) is 1. The summed E-state index contributed by atoms with van der Waals surface area (Å²) in [6.07, 6.45) is 10.6. The van der Waals surface area contributed by atoms with Crippen LogP contribution in [0.4, 0.5) is 0 Å². The fourth-order valence-electron chi connectivity index (χ4n) is 0.408.